The van der Waals surface area contributed by atoms with Gasteiger partial charge in [-0.1, -0.05) is 0 Å². The van der Waals surface area contributed by atoms with E-state index >= 15 is 0 Å². The van der Waals surface area contributed by atoms with Gasteiger partial charge in [-0.05, 0) is 25.5 Å². The van der Waals surface area contributed by atoms with Crippen LogP contribution in [-0.4, -0.2) is 13.2 Å². The quantitative estimate of drug-likeness (QED) is 0.792. The molecule has 3 rings (SSSR count). The van der Waals surface area contributed by atoms with E-state index in [4.69, 9.17) is 4.74 Å². The molecule has 0 aromatic heterocycles. The van der Waals surface area contributed by atoms with Crippen LogP contribution in [0.15, 0.2) is 6.07 Å². The van der Waals surface area contributed by atoms with Crippen molar-refractivity contribution in [3.05, 3.63) is 28.8 Å². The average Bonchev–Trinajstić information content (AvgIpc) is 2.87. The highest BCUT2D eigenvalue weighted by molar-refractivity contribution is 5.44. The second-order valence-electron chi connectivity index (χ2n) is 4.32. The van der Waals surface area contributed by atoms with Crippen molar-refractivity contribution < 1.29 is 13.5 Å². The lowest BCUT2D eigenvalue weighted by atomic mass is 10.0. The van der Waals surface area contributed by atoms with Gasteiger partial charge < -0.3 is 10.1 Å². The fraction of sp³-hybridized carbons (Fsp3) is 0.500. The van der Waals surface area contributed by atoms with Gasteiger partial charge in [-0.2, -0.15) is 0 Å². The molecule has 0 saturated carbocycles. The third kappa shape index (κ3) is 1.40. The highest BCUT2D eigenvalue weighted by Crippen LogP contribution is 2.37. The summed E-state index contributed by atoms with van der Waals surface area (Å²) in [5.41, 5.74) is 0.801. The minimum atomic E-state index is -0.508. The summed E-state index contributed by atoms with van der Waals surface area (Å²) >= 11 is 0. The lowest BCUT2D eigenvalue weighted by Gasteiger charge is -2.14. The summed E-state index contributed by atoms with van der Waals surface area (Å²) in [4.78, 5) is 0. The van der Waals surface area contributed by atoms with Gasteiger partial charge in [0.1, 0.15) is 5.82 Å². The Morgan fingerprint density at radius 3 is 3.00 bits per heavy atom. The second kappa shape index (κ2) is 3.70. The molecule has 1 aromatic rings. The van der Waals surface area contributed by atoms with Crippen LogP contribution in [0.25, 0.3) is 0 Å². The molecule has 0 unspecified atom stereocenters. The Labute approximate surface area is 92.6 Å². The molecule has 16 heavy (non-hydrogen) atoms. The van der Waals surface area contributed by atoms with Gasteiger partial charge in [0.2, 0.25) is 0 Å². The minimum absolute atomic E-state index is 0.151. The van der Waals surface area contributed by atoms with Crippen LogP contribution in [-0.2, 0) is 6.42 Å². The molecular formula is C12H13F2NO. The molecule has 4 heteroatoms. The molecule has 0 amide bonds. The van der Waals surface area contributed by atoms with Crippen LogP contribution in [0.4, 0.5) is 8.78 Å². The number of fused-ring (bicyclic) bond motifs is 1. The highest BCUT2D eigenvalue weighted by Gasteiger charge is 2.29. The van der Waals surface area contributed by atoms with E-state index < -0.39 is 11.6 Å². The van der Waals surface area contributed by atoms with Gasteiger partial charge in [-0.3, -0.25) is 0 Å². The molecule has 0 bridgehead atoms. The Balaban J connectivity index is 2.10. The van der Waals surface area contributed by atoms with Crippen molar-refractivity contribution in [3.8, 4) is 5.75 Å². The Morgan fingerprint density at radius 1 is 1.38 bits per heavy atom. The zero-order valence-electron chi connectivity index (χ0n) is 8.85. The SMILES string of the molecule is Fc1cc2c(c(F)c1[C@@H]1CCCN1)OCC2. The molecule has 2 aliphatic rings. The standard InChI is InChI=1S/C12H13F2NO/c13-8-6-7-3-5-16-12(7)11(14)10(8)9-2-1-4-15-9/h6,9,15H,1-5H2/t9-/m0/s1. The molecule has 2 heterocycles. The van der Waals surface area contributed by atoms with Crippen LogP contribution in [0.2, 0.25) is 0 Å². The summed E-state index contributed by atoms with van der Waals surface area (Å²) in [6.45, 7) is 1.27. The van der Waals surface area contributed by atoms with Crippen molar-refractivity contribution in [2.24, 2.45) is 0 Å². The van der Waals surface area contributed by atoms with Crippen molar-refractivity contribution in [2.75, 3.05) is 13.2 Å². The molecule has 1 saturated heterocycles. The summed E-state index contributed by atoms with van der Waals surface area (Å²) < 4.78 is 33.1. The van der Waals surface area contributed by atoms with E-state index in [1.807, 2.05) is 0 Å². The molecule has 1 fully saturated rings. The van der Waals surface area contributed by atoms with Crippen LogP contribution in [0.1, 0.15) is 30.0 Å². The molecule has 1 aromatic carbocycles. The molecule has 1 N–H and O–H groups in total. The first-order chi connectivity index (χ1) is 7.77. The van der Waals surface area contributed by atoms with Crippen molar-refractivity contribution in [3.63, 3.8) is 0 Å². The van der Waals surface area contributed by atoms with Gasteiger partial charge in [0.05, 0.1) is 6.61 Å². The molecule has 2 nitrogen and oxygen atoms in total. The zero-order valence-corrected chi connectivity index (χ0v) is 8.85. The fourth-order valence-electron chi connectivity index (χ4n) is 2.52. The number of ether oxygens (including phenoxy) is 1. The summed E-state index contributed by atoms with van der Waals surface area (Å²) in [5, 5.41) is 3.11. The molecule has 86 valence electrons. The van der Waals surface area contributed by atoms with Crippen molar-refractivity contribution in [1.29, 1.82) is 0 Å². The fourth-order valence-corrected chi connectivity index (χ4v) is 2.52. The van der Waals surface area contributed by atoms with E-state index in [1.165, 1.54) is 6.07 Å². The van der Waals surface area contributed by atoms with E-state index in [0.29, 0.717) is 18.6 Å². The van der Waals surface area contributed by atoms with E-state index in [9.17, 15) is 8.78 Å². The topological polar surface area (TPSA) is 21.3 Å². The van der Waals surface area contributed by atoms with Gasteiger partial charge in [-0.25, -0.2) is 8.78 Å². The average molecular weight is 225 g/mol. The summed E-state index contributed by atoms with van der Waals surface area (Å²) in [5.74, 6) is -0.696. The second-order valence-corrected chi connectivity index (χ2v) is 4.32. The van der Waals surface area contributed by atoms with Crippen molar-refractivity contribution >= 4 is 0 Å². The maximum Gasteiger partial charge on any atom is 0.173 e. The lowest BCUT2D eigenvalue weighted by Crippen LogP contribution is -2.16. The van der Waals surface area contributed by atoms with Gasteiger partial charge >= 0.3 is 0 Å². The monoisotopic (exact) mass is 225 g/mol. The predicted molar refractivity (Wildman–Crippen MR) is 55.5 cm³/mol. The molecular weight excluding hydrogens is 212 g/mol. The predicted octanol–water partition coefficient (Wildman–Crippen LogP) is 2.32. The van der Waals surface area contributed by atoms with Gasteiger partial charge in [0.15, 0.2) is 11.6 Å². The Morgan fingerprint density at radius 2 is 2.25 bits per heavy atom. The maximum atomic E-state index is 14.1. The van der Waals surface area contributed by atoms with Crippen LogP contribution in [0, 0.1) is 11.6 Å². The van der Waals surface area contributed by atoms with Crippen LogP contribution < -0.4 is 10.1 Å². The van der Waals surface area contributed by atoms with E-state index in [-0.39, 0.29) is 17.4 Å². The third-order valence-electron chi connectivity index (χ3n) is 3.31. The minimum Gasteiger partial charge on any atom is -0.490 e. The first-order valence-corrected chi connectivity index (χ1v) is 5.64. The highest BCUT2D eigenvalue weighted by atomic mass is 19.1. The van der Waals surface area contributed by atoms with E-state index in [0.717, 1.165) is 19.4 Å². The maximum absolute atomic E-state index is 14.1. The van der Waals surface area contributed by atoms with Crippen molar-refractivity contribution in [1.82, 2.24) is 5.32 Å². The number of hydrogen-bond acceptors (Lipinski definition) is 2. The smallest absolute Gasteiger partial charge is 0.173 e. The van der Waals surface area contributed by atoms with Crippen molar-refractivity contribution in [2.45, 2.75) is 25.3 Å². The summed E-state index contributed by atoms with van der Waals surface area (Å²) in [6, 6.07) is 1.22. The zero-order chi connectivity index (χ0) is 11.1. The molecule has 1 atom stereocenters. The third-order valence-corrected chi connectivity index (χ3v) is 3.31. The molecule has 0 radical (unpaired) electrons. The molecule has 0 spiro atoms. The number of rotatable bonds is 1. The van der Waals surface area contributed by atoms with Crippen LogP contribution in [0.3, 0.4) is 0 Å². The number of benzene rings is 1. The number of halogens is 2. The number of hydrogen-bond donors (Lipinski definition) is 1. The lowest BCUT2D eigenvalue weighted by molar-refractivity contribution is 0.335. The van der Waals surface area contributed by atoms with Gasteiger partial charge in [0, 0.05) is 23.6 Å². The Kier molecular flexibility index (Phi) is 2.32. The normalized spacial score (nSPS) is 23.2. The van der Waals surface area contributed by atoms with Gasteiger partial charge in [0.25, 0.3) is 0 Å². The first kappa shape index (κ1) is 10.0. The Bertz CT molecular complexity index is 428. The Hall–Kier alpha value is -1.16. The number of nitrogens with one attached hydrogen (secondary N) is 1. The molecule has 0 aliphatic carbocycles. The van der Waals surface area contributed by atoms with Gasteiger partial charge in [-0.15, -0.1) is 0 Å². The first-order valence-electron chi connectivity index (χ1n) is 5.64. The molecule has 2 aliphatic heterocycles. The van der Waals surface area contributed by atoms with Crippen LogP contribution in [0.5, 0.6) is 5.75 Å². The summed E-state index contributed by atoms with van der Waals surface area (Å²) in [7, 11) is 0. The van der Waals surface area contributed by atoms with E-state index in [1.54, 1.807) is 0 Å². The van der Waals surface area contributed by atoms with E-state index in [2.05, 4.69) is 5.32 Å². The summed E-state index contributed by atoms with van der Waals surface area (Å²) in [6.07, 6.45) is 2.34. The largest absolute Gasteiger partial charge is 0.490 e. The van der Waals surface area contributed by atoms with Crippen LogP contribution >= 0.6 is 0 Å².